The molecule has 0 fully saturated rings. The van der Waals surface area contributed by atoms with Crippen molar-refractivity contribution in [1.82, 2.24) is 0 Å². The van der Waals surface area contributed by atoms with E-state index < -0.39 is 6.10 Å². The molecule has 0 aliphatic heterocycles. The molecule has 0 bridgehead atoms. The lowest BCUT2D eigenvalue weighted by molar-refractivity contribution is -0.161. The summed E-state index contributed by atoms with van der Waals surface area (Å²) in [5.74, 6) is -0.586. The van der Waals surface area contributed by atoms with Crippen LogP contribution in [0.25, 0.3) is 0 Å². The van der Waals surface area contributed by atoms with Gasteiger partial charge in [-0.2, -0.15) is 0 Å². The van der Waals surface area contributed by atoms with E-state index in [0.29, 0.717) is 12.8 Å². The monoisotopic (exact) mass is 637 g/mol. The fourth-order valence-corrected chi connectivity index (χ4v) is 5.78. The molecule has 1 N–H and O–H groups in total. The van der Waals surface area contributed by atoms with Gasteiger partial charge in [0.1, 0.15) is 6.61 Å². The molecule has 0 rings (SSSR count). The molecule has 0 aromatic carbocycles. The van der Waals surface area contributed by atoms with Gasteiger partial charge in [-0.3, -0.25) is 9.59 Å². The van der Waals surface area contributed by atoms with Crippen LogP contribution in [-0.4, -0.2) is 36.4 Å². The van der Waals surface area contributed by atoms with Gasteiger partial charge in [0.05, 0.1) is 6.61 Å². The molecular weight excluding hydrogens is 560 g/mol. The molecule has 5 nitrogen and oxygen atoms in total. The number of hydrogen-bond acceptors (Lipinski definition) is 5. The van der Waals surface area contributed by atoms with Gasteiger partial charge in [-0.1, -0.05) is 174 Å². The van der Waals surface area contributed by atoms with Crippen molar-refractivity contribution in [3.63, 3.8) is 0 Å². The smallest absolute Gasteiger partial charge is 0.306 e. The minimum atomic E-state index is -0.766. The summed E-state index contributed by atoms with van der Waals surface area (Å²) in [6.45, 7) is 4.14. The molecule has 0 spiro atoms. The maximum Gasteiger partial charge on any atom is 0.306 e. The number of allylic oxidation sites excluding steroid dienone is 2. The predicted octanol–water partition coefficient (Wildman–Crippen LogP) is 12.1. The second-order valence-corrected chi connectivity index (χ2v) is 13.4. The van der Waals surface area contributed by atoms with Crippen LogP contribution in [-0.2, 0) is 19.1 Å². The molecule has 45 heavy (non-hydrogen) atoms. The maximum absolute atomic E-state index is 12.2. The van der Waals surface area contributed by atoms with Gasteiger partial charge in [0.25, 0.3) is 0 Å². The summed E-state index contributed by atoms with van der Waals surface area (Å²) < 4.78 is 10.6. The zero-order valence-electron chi connectivity index (χ0n) is 30.1. The Morgan fingerprint density at radius 2 is 0.822 bits per heavy atom. The number of carbonyl (C=O) groups is 2. The summed E-state index contributed by atoms with van der Waals surface area (Å²) >= 11 is 0. The fraction of sp³-hybridized carbons (Fsp3) is 0.900. The van der Waals surface area contributed by atoms with Crippen LogP contribution in [0.15, 0.2) is 12.2 Å². The quantitative estimate of drug-likeness (QED) is 0.0421. The highest BCUT2D eigenvalue weighted by Gasteiger charge is 2.16. The van der Waals surface area contributed by atoms with E-state index in [1.54, 1.807) is 0 Å². The van der Waals surface area contributed by atoms with E-state index in [0.717, 1.165) is 38.5 Å². The molecule has 0 aromatic rings. The topological polar surface area (TPSA) is 72.8 Å². The number of esters is 2. The average Bonchev–Trinajstić information content (AvgIpc) is 3.04. The number of hydrogen-bond donors (Lipinski definition) is 1. The van der Waals surface area contributed by atoms with Crippen molar-refractivity contribution in [1.29, 1.82) is 0 Å². The summed E-state index contributed by atoms with van der Waals surface area (Å²) in [6.07, 6.45) is 41.2. The minimum Gasteiger partial charge on any atom is -0.462 e. The molecule has 0 saturated heterocycles. The minimum absolute atomic E-state index is 0.0616. The highest BCUT2D eigenvalue weighted by atomic mass is 16.6. The largest absolute Gasteiger partial charge is 0.462 e. The van der Waals surface area contributed by atoms with Gasteiger partial charge in [0.2, 0.25) is 0 Å². The first-order valence-electron chi connectivity index (χ1n) is 19.7. The third-order valence-corrected chi connectivity index (χ3v) is 8.81. The lowest BCUT2D eigenvalue weighted by atomic mass is 10.0. The molecule has 0 radical (unpaired) electrons. The predicted molar refractivity (Wildman–Crippen MR) is 192 cm³/mol. The molecule has 266 valence electrons. The van der Waals surface area contributed by atoms with E-state index in [4.69, 9.17) is 9.47 Å². The van der Waals surface area contributed by atoms with Gasteiger partial charge in [-0.05, 0) is 38.5 Å². The zero-order chi connectivity index (χ0) is 32.9. The Labute approximate surface area is 280 Å². The third-order valence-electron chi connectivity index (χ3n) is 8.81. The Hall–Kier alpha value is -1.36. The number of aliphatic hydroxyl groups is 1. The number of rotatable bonds is 36. The Bertz CT molecular complexity index is 647. The van der Waals surface area contributed by atoms with E-state index >= 15 is 0 Å². The van der Waals surface area contributed by atoms with Crippen molar-refractivity contribution >= 4 is 11.9 Å². The molecule has 0 saturated carbocycles. The summed E-state index contributed by atoms with van der Waals surface area (Å²) in [5, 5.41) is 9.54. The molecule has 0 heterocycles. The van der Waals surface area contributed by atoms with Gasteiger partial charge in [-0.25, -0.2) is 0 Å². The Balaban J connectivity index is 3.52. The van der Waals surface area contributed by atoms with E-state index in [9.17, 15) is 14.7 Å². The van der Waals surface area contributed by atoms with Crippen LogP contribution in [0.2, 0.25) is 0 Å². The number of carbonyl (C=O) groups excluding carboxylic acids is 2. The number of ether oxygens (including phenoxy) is 2. The Kier molecular flexibility index (Phi) is 36.0. The summed E-state index contributed by atoms with van der Waals surface area (Å²) in [7, 11) is 0. The lowest BCUT2D eigenvalue weighted by Crippen LogP contribution is -2.28. The van der Waals surface area contributed by atoms with Crippen LogP contribution in [0.5, 0.6) is 0 Å². The van der Waals surface area contributed by atoms with E-state index in [2.05, 4.69) is 26.0 Å². The SMILES string of the molecule is CCCCCCCC/C=C\CCCCCCCCCC(=O)OC(CO)COC(=O)CCCCCCCCCCCCCCCC. The van der Waals surface area contributed by atoms with Crippen LogP contribution in [0.1, 0.15) is 213 Å². The summed E-state index contributed by atoms with van der Waals surface area (Å²) in [5.41, 5.74) is 0. The first-order valence-corrected chi connectivity index (χ1v) is 19.7. The van der Waals surface area contributed by atoms with Crippen LogP contribution in [0, 0.1) is 0 Å². The summed E-state index contributed by atoms with van der Waals surface area (Å²) in [4.78, 5) is 24.2. The highest BCUT2D eigenvalue weighted by molar-refractivity contribution is 5.70. The lowest BCUT2D eigenvalue weighted by Gasteiger charge is -2.15. The normalized spacial score (nSPS) is 12.2. The van der Waals surface area contributed by atoms with Gasteiger partial charge < -0.3 is 14.6 Å². The molecule has 5 heteroatoms. The van der Waals surface area contributed by atoms with Crippen molar-refractivity contribution < 1.29 is 24.2 Å². The average molecular weight is 637 g/mol. The van der Waals surface area contributed by atoms with Gasteiger partial charge in [-0.15, -0.1) is 0 Å². The second kappa shape index (κ2) is 37.1. The molecule has 1 atom stereocenters. The van der Waals surface area contributed by atoms with E-state index in [-0.39, 0.29) is 25.2 Å². The molecule has 0 aliphatic carbocycles. The molecule has 0 aromatic heterocycles. The molecule has 1 unspecified atom stereocenters. The van der Waals surface area contributed by atoms with Crippen molar-refractivity contribution in [3.05, 3.63) is 12.2 Å². The molecular formula is C40H76O5. The van der Waals surface area contributed by atoms with Crippen LogP contribution in [0.4, 0.5) is 0 Å². The van der Waals surface area contributed by atoms with Crippen molar-refractivity contribution in [2.75, 3.05) is 13.2 Å². The standard InChI is InChI=1S/C40H76O5/c1-3-5-7-9-11-13-15-17-19-20-21-23-25-27-29-31-33-35-40(43)45-38(36-41)37-44-39(42)34-32-30-28-26-24-22-18-16-14-12-10-8-6-4-2/h17,19,38,41H,3-16,18,20-37H2,1-2H3/b19-17-. The van der Waals surface area contributed by atoms with Gasteiger partial charge >= 0.3 is 11.9 Å². The number of aliphatic hydroxyl groups excluding tert-OH is 1. The van der Waals surface area contributed by atoms with Crippen molar-refractivity contribution in [2.45, 2.75) is 219 Å². The second-order valence-electron chi connectivity index (χ2n) is 13.4. The molecule has 0 aliphatic rings. The van der Waals surface area contributed by atoms with Crippen molar-refractivity contribution in [3.8, 4) is 0 Å². The van der Waals surface area contributed by atoms with Gasteiger partial charge in [0, 0.05) is 12.8 Å². The maximum atomic E-state index is 12.2. The Morgan fingerprint density at radius 1 is 0.489 bits per heavy atom. The van der Waals surface area contributed by atoms with Crippen LogP contribution >= 0.6 is 0 Å². The Morgan fingerprint density at radius 3 is 1.20 bits per heavy atom. The van der Waals surface area contributed by atoms with E-state index in [1.165, 1.54) is 148 Å². The fourth-order valence-electron chi connectivity index (χ4n) is 5.78. The highest BCUT2D eigenvalue weighted by Crippen LogP contribution is 2.15. The zero-order valence-corrected chi connectivity index (χ0v) is 30.1. The first-order chi connectivity index (χ1) is 22.1. The van der Waals surface area contributed by atoms with E-state index in [1.807, 2.05) is 0 Å². The van der Waals surface area contributed by atoms with Crippen LogP contribution in [0.3, 0.4) is 0 Å². The summed E-state index contributed by atoms with van der Waals surface area (Å²) in [6, 6.07) is 0. The first kappa shape index (κ1) is 43.6. The third kappa shape index (κ3) is 35.3. The molecule has 0 amide bonds. The van der Waals surface area contributed by atoms with Gasteiger partial charge in [0.15, 0.2) is 6.10 Å². The van der Waals surface area contributed by atoms with Crippen molar-refractivity contribution in [2.24, 2.45) is 0 Å². The number of unbranched alkanes of at least 4 members (excludes halogenated alkanes) is 26. The van der Waals surface area contributed by atoms with Crippen LogP contribution < -0.4 is 0 Å².